The first-order valence-corrected chi connectivity index (χ1v) is 10.5. The second-order valence-electron chi connectivity index (χ2n) is 7.59. The van der Waals surface area contributed by atoms with Crippen LogP contribution in [-0.4, -0.2) is 38.1 Å². The molecule has 0 bridgehead atoms. The predicted octanol–water partition coefficient (Wildman–Crippen LogP) is 3.79. The number of amides is 2. The number of pyridine rings is 1. The van der Waals surface area contributed by atoms with Gasteiger partial charge in [0.2, 0.25) is 0 Å². The molecule has 3 aromatic rings. The molecule has 0 unspecified atom stereocenters. The molecular weight excluding hydrogens is 420 g/mol. The summed E-state index contributed by atoms with van der Waals surface area (Å²) < 4.78 is 0. The molecule has 0 fully saturated rings. The number of rotatable bonds is 8. The number of benzene rings is 2. The van der Waals surface area contributed by atoms with Crippen molar-refractivity contribution in [3.63, 3.8) is 0 Å². The molecule has 0 saturated carbocycles. The second-order valence-corrected chi connectivity index (χ2v) is 7.59. The summed E-state index contributed by atoms with van der Waals surface area (Å²) in [6.07, 6.45) is 3.24. The largest absolute Gasteiger partial charge is 0.362 e. The zero-order valence-corrected chi connectivity index (χ0v) is 18.0. The van der Waals surface area contributed by atoms with Gasteiger partial charge in [-0.3, -0.25) is 29.6 Å². The van der Waals surface area contributed by atoms with Gasteiger partial charge in [-0.2, -0.15) is 0 Å². The molecule has 33 heavy (non-hydrogen) atoms. The summed E-state index contributed by atoms with van der Waals surface area (Å²) in [6.45, 7) is 2.96. The Kier molecular flexibility index (Phi) is 6.26. The van der Waals surface area contributed by atoms with Gasteiger partial charge in [0, 0.05) is 37.6 Å². The molecule has 0 radical (unpaired) electrons. The second kappa shape index (κ2) is 9.44. The van der Waals surface area contributed by atoms with Crippen molar-refractivity contribution >= 4 is 23.1 Å². The predicted molar refractivity (Wildman–Crippen MR) is 122 cm³/mol. The maximum absolute atomic E-state index is 13.5. The third-order valence-corrected chi connectivity index (χ3v) is 5.49. The van der Waals surface area contributed by atoms with E-state index in [9.17, 15) is 19.7 Å². The minimum absolute atomic E-state index is 0.0819. The van der Waals surface area contributed by atoms with Crippen LogP contribution >= 0.6 is 0 Å². The lowest BCUT2D eigenvalue weighted by molar-refractivity contribution is -0.384. The highest BCUT2D eigenvalue weighted by atomic mass is 16.6. The highest BCUT2D eigenvalue weighted by Gasteiger charge is 2.41. The van der Waals surface area contributed by atoms with E-state index in [1.54, 1.807) is 24.5 Å². The third-order valence-electron chi connectivity index (χ3n) is 5.49. The molecule has 1 aliphatic heterocycles. The Bertz CT molecular complexity index is 1210. The van der Waals surface area contributed by atoms with Gasteiger partial charge in [0.05, 0.1) is 17.0 Å². The Labute approximate surface area is 190 Å². The van der Waals surface area contributed by atoms with Gasteiger partial charge in [0.25, 0.3) is 17.5 Å². The molecule has 2 amide bonds. The lowest BCUT2D eigenvalue weighted by Crippen LogP contribution is -2.34. The summed E-state index contributed by atoms with van der Waals surface area (Å²) in [5, 5.41) is 11.1. The van der Waals surface area contributed by atoms with Crippen LogP contribution < -0.4 is 0 Å². The van der Waals surface area contributed by atoms with Crippen molar-refractivity contribution < 1.29 is 14.5 Å². The van der Waals surface area contributed by atoms with Gasteiger partial charge in [0.15, 0.2) is 0 Å². The quantitative estimate of drug-likeness (QED) is 0.299. The van der Waals surface area contributed by atoms with E-state index in [1.807, 2.05) is 42.2 Å². The Hall–Kier alpha value is -4.33. The SMILES string of the molecule is CCN(Cc1ccccc1)C1=C(c2ccc([N+](=O)[O-])cc2)C(=O)N(Cc2cccnc2)C1=O. The number of carbonyl (C=O) groups excluding carboxylic acids is 2. The van der Waals surface area contributed by atoms with Crippen LogP contribution in [0.1, 0.15) is 23.6 Å². The number of nitro benzene ring substituents is 1. The fourth-order valence-electron chi connectivity index (χ4n) is 3.84. The number of non-ortho nitro benzene ring substituents is 1. The smallest absolute Gasteiger partial charge is 0.278 e. The summed E-state index contributed by atoms with van der Waals surface area (Å²) >= 11 is 0. The number of hydrogen-bond acceptors (Lipinski definition) is 6. The fraction of sp³-hybridized carbons (Fsp3) is 0.160. The summed E-state index contributed by atoms with van der Waals surface area (Å²) in [7, 11) is 0. The molecule has 2 aromatic carbocycles. The monoisotopic (exact) mass is 442 g/mol. The molecular formula is C25H22N4O4. The van der Waals surface area contributed by atoms with Crippen LogP contribution in [0.3, 0.4) is 0 Å². The number of nitro groups is 1. The van der Waals surface area contributed by atoms with Gasteiger partial charge in [-0.1, -0.05) is 36.4 Å². The normalized spacial score (nSPS) is 13.5. The molecule has 1 aliphatic rings. The summed E-state index contributed by atoms with van der Waals surface area (Å²) in [5.41, 5.74) is 2.66. The van der Waals surface area contributed by atoms with Crippen molar-refractivity contribution in [1.29, 1.82) is 0 Å². The third kappa shape index (κ3) is 4.50. The molecule has 0 atom stereocenters. The van der Waals surface area contributed by atoms with E-state index >= 15 is 0 Å². The van der Waals surface area contributed by atoms with Crippen LogP contribution in [0.4, 0.5) is 5.69 Å². The Morgan fingerprint density at radius 1 is 0.939 bits per heavy atom. The minimum atomic E-state index is -0.497. The van der Waals surface area contributed by atoms with Gasteiger partial charge in [0.1, 0.15) is 5.70 Å². The average Bonchev–Trinajstić information content (AvgIpc) is 3.08. The summed E-state index contributed by atoms with van der Waals surface area (Å²) in [4.78, 5) is 44.8. The Morgan fingerprint density at radius 2 is 1.64 bits per heavy atom. The van der Waals surface area contributed by atoms with E-state index in [0.29, 0.717) is 24.4 Å². The van der Waals surface area contributed by atoms with Gasteiger partial charge in [-0.05, 0) is 41.8 Å². The topological polar surface area (TPSA) is 96.7 Å². The van der Waals surface area contributed by atoms with Crippen molar-refractivity contribution in [3.8, 4) is 0 Å². The highest BCUT2D eigenvalue weighted by Crippen LogP contribution is 2.34. The van der Waals surface area contributed by atoms with Gasteiger partial charge in [-0.25, -0.2) is 0 Å². The van der Waals surface area contributed by atoms with Crippen LogP contribution in [0, 0.1) is 10.1 Å². The number of hydrogen-bond donors (Lipinski definition) is 0. The van der Waals surface area contributed by atoms with Crippen LogP contribution in [0.15, 0.2) is 84.8 Å². The molecule has 2 heterocycles. The molecule has 0 aliphatic carbocycles. The lowest BCUT2D eigenvalue weighted by atomic mass is 10.0. The molecule has 8 nitrogen and oxygen atoms in total. The van der Waals surface area contributed by atoms with E-state index < -0.39 is 16.7 Å². The zero-order chi connectivity index (χ0) is 23.4. The van der Waals surface area contributed by atoms with Gasteiger partial charge in [-0.15, -0.1) is 0 Å². The Morgan fingerprint density at radius 3 is 2.24 bits per heavy atom. The number of nitrogens with zero attached hydrogens (tertiary/aromatic N) is 4. The molecule has 0 saturated heterocycles. The van der Waals surface area contributed by atoms with Crippen molar-refractivity contribution in [3.05, 3.63) is 112 Å². The molecule has 1 aromatic heterocycles. The first-order valence-electron chi connectivity index (χ1n) is 10.5. The lowest BCUT2D eigenvalue weighted by Gasteiger charge is -2.25. The summed E-state index contributed by atoms with van der Waals surface area (Å²) in [5.74, 6) is -0.825. The fourth-order valence-corrected chi connectivity index (χ4v) is 3.84. The first kappa shape index (κ1) is 21.9. The number of aromatic nitrogens is 1. The van der Waals surface area contributed by atoms with E-state index in [4.69, 9.17) is 0 Å². The minimum Gasteiger partial charge on any atom is -0.362 e. The van der Waals surface area contributed by atoms with Gasteiger partial charge >= 0.3 is 0 Å². The zero-order valence-electron chi connectivity index (χ0n) is 18.0. The standard InChI is InChI=1S/C25H22N4O4/c1-2-27(16-18-7-4-3-5-8-18)23-22(20-10-12-21(13-11-20)29(32)33)24(30)28(25(23)31)17-19-9-6-14-26-15-19/h3-15H,2,16-17H2,1H3. The molecule has 166 valence electrons. The number of imide groups is 1. The van der Waals surface area contributed by atoms with Crippen molar-refractivity contribution in [2.24, 2.45) is 0 Å². The van der Waals surface area contributed by atoms with Gasteiger partial charge < -0.3 is 4.90 Å². The van der Waals surface area contributed by atoms with Crippen LogP contribution in [0.25, 0.3) is 5.57 Å². The van der Waals surface area contributed by atoms with Crippen LogP contribution in [0.5, 0.6) is 0 Å². The number of likely N-dealkylation sites (N-methyl/N-ethyl adjacent to an activating group) is 1. The van der Waals surface area contributed by atoms with Crippen LogP contribution in [0.2, 0.25) is 0 Å². The highest BCUT2D eigenvalue weighted by molar-refractivity contribution is 6.35. The molecule has 4 rings (SSSR count). The Balaban J connectivity index is 1.77. The van der Waals surface area contributed by atoms with Crippen molar-refractivity contribution in [2.45, 2.75) is 20.0 Å². The maximum atomic E-state index is 13.5. The van der Waals surface area contributed by atoms with E-state index in [0.717, 1.165) is 11.1 Å². The van der Waals surface area contributed by atoms with E-state index in [-0.39, 0.29) is 17.8 Å². The average molecular weight is 442 g/mol. The van der Waals surface area contributed by atoms with Crippen LogP contribution in [-0.2, 0) is 22.7 Å². The van der Waals surface area contributed by atoms with E-state index in [1.165, 1.54) is 29.2 Å². The first-order chi connectivity index (χ1) is 16.0. The number of carbonyl (C=O) groups is 2. The molecule has 0 spiro atoms. The molecule has 0 N–H and O–H groups in total. The van der Waals surface area contributed by atoms with Crippen molar-refractivity contribution in [2.75, 3.05) is 6.54 Å². The van der Waals surface area contributed by atoms with E-state index in [2.05, 4.69) is 4.98 Å². The van der Waals surface area contributed by atoms with Crippen molar-refractivity contribution in [1.82, 2.24) is 14.8 Å². The summed E-state index contributed by atoms with van der Waals surface area (Å²) in [6, 6.07) is 19.0. The maximum Gasteiger partial charge on any atom is 0.278 e. The molecule has 8 heteroatoms.